The largest absolute Gasteiger partial charge is 0.494 e. The van der Waals surface area contributed by atoms with Gasteiger partial charge in [-0.3, -0.25) is 5.41 Å². The van der Waals surface area contributed by atoms with Crippen LogP contribution in [0.25, 0.3) is 0 Å². The molecule has 1 heterocycles. The molecule has 1 fully saturated rings. The summed E-state index contributed by atoms with van der Waals surface area (Å²) in [7, 11) is 0. The Hall–Kier alpha value is -3.33. The van der Waals surface area contributed by atoms with Crippen LogP contribution in [-0.4, -0.2) is 42.7 Å². The topological polar surface area (TPSA) is 130 Å². The van der Waals surface area contributed by atoms with Crippen LogP contribution in [-0.2, 0) is 4.79 Å². The molecule has 6 N–H and O–H groups in total. The van der Waals surface area contributed by atoms with Gasteiger partial charge in [-0.25, -0.2) is 9.18 Å². The van der Waals surface area contributed by atoms with Gasteiger partial charge in [0, 0.05) is 22.9 Å². The molecule has 0 spiro atoms. The van der Waals surface area contributed by atoms with Crippen LogP contribution in [0.5, 0.6) is 11.5 Å². The zero-order valence-electron chi connectivity index (χ0n) is 17.3. The van der Waals surface area contributed by atoms with Crippen LogP contribution >= 0.6 is 0 Å². The first-order chi connectivity index (χ1) is 14.9. The summed E-state index contributed by atoms with van der Waals surface area (Å²) in [6, 6.07) is 7.81. The number of carboxylic acid groups (broad SMARTS) is 1. The van der Waals surface area contributed by atoms with Crippen molar-refractivity contribution < 1.29 is 23.8 Å². The monoisotopic (exact) mass is 430 g/mol. The Morgan fingerprint density at radius 2 is 2.00 bits per heavy atom. The molecular weight excluding hydrogens is 403 g/mol. The van der Waals surface area contributed by atoms with Crippen molar-refractivity contribution in [2.45, 2.75) is 31.9 Å². The maximum Gasteiger partial charge on any atom is 0.330 e. The molecule has 0 radical (unpaired) electrons. The molecule has 8 nitrogen and oxygen atoms in total. The van der Waals surface area contributed by atoms with E-state index in [1.54, 1.807) is 31.2 Å². The van der Waals surface area contributed by atoms with Gasteiger partial charge in [0.15, 0.2) is 17.6 Å². The van der Waals surface area contributed by atoms with Crippen molar-refractivity contribution in [3.05, 3.63) is 53.3 Å². The number of carboxylic acids is 1. The summed E-state index contributed by atoms with van der Waals surface area (Å²) in [5.41, 5.74) is 6.31. The van der Waals surface area contributed by atoms with Gasteiger partial charge in [0.2, 0.25) is 0 Å². The zero-order valence-corrected chi connectivity index (χ0v) is 17.3. The summed E-state index contributed by atoms with van der Waals surface area (Å²) in [6.07, 6.45) is 1.31. The molecule has 0 saturated carbocycles. The summed E-state index contributed by atoms with van der Waals surface area (Å²) in [5, 5.41) is 23.3. The van der Waals surface area contributed by atoms with Crippen molar-refractivity contribution in [2.75, 3.05) is 25.0 Å². The quantitative estimate of drug-likeness (QED) is 0.305. The predicted molar refractivity (Wildman–Crippen MR) is 116 cm³/mol. The molecule has 1 aliphatic heterocycles. The van der Waals surface area contributed by atoms with Crippen molar-refractivity contribution in [3.63, 3.8) is 0 Å². The second-order valence-electron chi connectivity index (χ2n) is 7.23. The van der Waals surface area contributed by atoms with Gasteiger partial charge >= 0.3 is 5.97 Å². The minimum Gasteiger partial charge on any atom is -0.494 e. The highest BCUT2D eigenvalue weighted by Crippen LogP contribution is 2.34. The molecule has 31 heavy (non-hydrogen) atoms. The Balaban J connectivity index is 1.93. The molecule has 0 aliphatic carbocycles. The lowest BCUT2D eigenvalue weighted by Gasteiger charge is -2.25. The van der Waals surface area contributed by atoms with Gasteiger partial charge < -0.3 is 30.9 Å². The Kier molecular flexibility index (Phi) is 7.30. The fourth-order valence-electron chi connectivity index (χ4n) is 3.42. The summed E-state index contributed by atoms with van der Waals surface area (Å²) < 4.78 is 26.8. The van der Waals surface area contributed by atoms with E-state index in [1.165, 1.54) is 12.1 Å². The first-order valence-electron chi connectivity index (χ1n) is 10.2. The third kappa shape index (κ3) is 5.64. The number of nitrogens with two attached hydrogens (primary N) is 1. The lowest BCUT2D eigenvalue weighted by molar-refractivity contribution is -0.138. The average Bonchev–Trinajstić information content (AvgIpc) is 2.75. The third-order valence-corrected chi connectivity index (χ3v) is 5.00. The highest BCUT2D eigenvalue weighted by molar-refractivity contribution is 5.95. The molecular formula is C22H27FN4O4. The number of carbonyl (C=O) groups is 1. The van der Waals surface area contributed by atoms with Crippen LogP contribution in [0.15, 0.2) is 36.4 Å². The lowest BCUT2D eigenvalue weighted by atomic mass is 10.0. The van der Waals surface area contributed by atoms with Gasteiger partial charge in [-0.15, -0.1) is 0 Å². The number of ether oxygens (including phenoxy) is 2. The standard InChI is InChI=1S/C22H27FN4O4/c1-2-30-16-11-17(19(23)18(12-16)31-15-7-9-26-10-8-15)20(22(28)29)27-14-5-3-13(4-6-14)21(24)25/h3-6,11-12,15,20,26-27H,2,7-10H2,1H3,(H3,24,25)(H,28,29). The van der Waals surface area contributed by atoms with E-state index in [2.05, 4.69) is 10.6 Å². The van der Waals surface area contributed by atoms with Gasteiger partial charge in [0.05, 0.1) is 6.61 Å². The number of nitrogen functional groups attached to an aromatic ring is 1. The van der Waals surface area contributed by atoms with E-state index < -0.39 is 17.8 Å². The fourth-order valence-corrected chi connectivity index (χ4v) is 3.42. The number of anilines is 1. The molecule has 9 heteroatoms. The Bertz CT molecular complexity index is 930. The number of hydrogen-bond acceptors (Lipinski definition) is 6. The van der Waals surface area contributed by atoms with Crippen LogP contribution in [0, 0.1) is 11.2 Å². The fraction of sp³-hybridized carbons (Fsp3) is 0.364. The Labute approximate surface area is 180 Å². The lowest BCUT2D eigenvalue weighted by Crippen LogP contribution is -2.34. The van der Waals surface area contributed by atoms with Crippen LogP contribution in [0.4, 0.5) is 10.1 Å². The molecule has 1 unspecified atom stereocenters. The van der Waals surface area contributed by atoms with Gasteiger partial charge in [0.25, 0.3) is 0 Å². The van der Waals surface area contributed by atoms with Crippen molar-refractivity contribution in [3.8, 4) is 11.5 Å². The summed E-state index contributed by atoms with van der Waals surface area (Å²) in [4.78, 5) is 12.0. The van der Waals surface area contributed by atoms with E-state index in [0.717, 1.165) is 25.9 Å². The van der Waals surface area contributed by atoms with Crippen LogP contribution < -0.4 is 25.8 Å². The number of benzene rings is 2. The first-order valence-corrected chi connectivity index (χ1v) is 10.2. The van der Waals surface area contributed by atoms with Crippen molar-refractivity contribution >= 4 is 17.5 Å². The molecule has 166 valence electrons. The zero-order chi connectivity index (χ0) is 22.4. The number of amidine groups is 1. The van der Waals surface area contributed by atoms with Crippen LogP contribution in [0.1, 0.15) is 36.9 Å². The Morgan fingerprint density at radius 3 is 2.58 bits per heavy atom. The number of nitrogens with one attached hydrogen (secondary N) is 3. The normalized spacial score (nSPS) is 15.2. The number of halogens is 1. The molecule has 2 aromatic rings. The molecule has 1 atom stereocenters. The highest BCUT2D eigenvalue weighted by atomic mass is 19.1. The van der Waals surface area contributed by atoms with Gasteiger partial charge in [0.1, 0.15) is 17.7 Å². The molecule has 1 aliphatic rings. The van der Waals surface area contributed by atoms with E-state index in [-0.39, 0.29) is 23.3 Å². The molecule has 3 rings (SSSR count). The molecule has 1 saturated heterocycles. The van der Waals surface area contributed by atoms with Gasteiger partial charge in [-0.1, -0.05) is 0 Å². The van der Waals surface area contributed by atoms with Gasteiger partial charge in [-0.2, -0.15) is 0 Å². The molecule has 2 aromatic carbocycles. The third-order valence-electron chi connectivity index (χ3n) is 5.00. The van der Waals surface area contributed by atoms with E-state index in [9.17, 15) is 9.90 Å². The van der Waals surface area contributed by atoms with Crippen LogP contribution in [0.3, 0.4) is 0 Å². The van der Waals surface area contributed by atoms with Crippen LogP contribution in [0.2, 0.25) is 0 Å². The van der Waals surface area contributed by atoms with Crippen molar-refractivity contribution in [1.29, 1.82) is 5.41 Å². The van der Waals surface area contributed by atoms with E-state index in [4.69, 9.17) is 20.6 Å². The number of aliphatic carboxylic acids is 1. The average molecular weight is 430 g/mol. The minimum atomic E-state index is -1.38. The minimum absolute atomic E-state index is 0.0205. The molecule has 0 aromatic heterocycles. The smallest absolute Gasteiger partial charge is 0.330 e. The second kappa shape index (κ2) is 10.1. The molecule has 0 bridgehead atoms. The van der Waals surface area contributed by atoms with Crippen molar-refractivity contribution in [1.82, 2.24) is 5.32 Å². The summed E-state index contributed by atoms with van der Waals surface area (Å²) in [5.74, 6) is -1.77. The first kappa shape index (κ1) is 22.4. The second-order valence-corrected chi connectivity index (χ2v) is 7.23. The number of rotatable bonds is 9. The summed E-state index contributed by atoms with van der Waals surface area (Å²) in [6.45, 7) is 3.69. The molecule has 0 amide bonds. The number of piperidine rings is 1. The van der Waals surface area contributed by atoms with E-state index in [0.29, 0.717) is 23.6 Å². The maximum absolute atomic E-state index is 15.4. The maximum atomic E-state index is 15.4. The van der Waals surface area contributed by atoms with Gasteiger partial charge in [-0.05, 0) is 63.2 Å². The number of hydrogen-bond donors (Lipinski definition) is 5. The van der Waals surface area contributed by atoms with E-state index >= 15 is 4.39 Å². The predicted octanol–water partition coefficient (Wildman–Crippen LogP) is 2.88. The van der Waals surface area contributed by atoms with Crippen molar-refractivity contribution in [2.24, 2.45) is 5.73 Å². The highest BCUT2D eigenvalue weighted by Gasteiger charge is 2.28. The SMILES string of the molecule is CCOc1cc(OC2CCNCC2)c(F)c(C(Nc2ccc(C(=N)N)cc2)C(=O)O)c1. The summed E-state index contributed by atoms with van der Waals surface area (Å²) >= 11 is 0. The van der Waals surface area contributed by atoms with E-state index in [1.807, 2.05) is 0 Å². The Morgan fingerprint density at radius 1 is 1.32 bits per heavy atom.